The third-order valence-electron chi connectivity index (χ3n) is 3.62. The Kier molecular flexibility index (Phi) is 6.08. The molecule has 0 bridgehead atoms. The van der Waals surface area contributed by atoms with Crippen molar-refractivity contribution in [1.82, 2.24) is 9.80 Å². The molecule has 2 N–H and O–H groups in total. The maximum Gasteiger partial charge on any atom is 0.320 e. The van der Waals surface area contributed by atoms with Crippen molar-refractivity contribution in [2.75, 3.05) is 32.8 Å². The highest BCUT2D eigenvalue weighted by Gasteiger charge is 2.38. The second kappa shape index (κ2) is 7.33. The molecule has 1 saturated heterocycles. The van der Waals surface area contributed by atoms with Gasteiger partial charge in [0.05, 0.1) is 12.5 Å². The Labute approximate surface area is 114 Å². The number of nitrogens with zero attached hydrogens (tertiary/aromatic N) is 2. The molecular weight excluding hydrogens is 248 g/mol. The molecule has 1 aliphatic rings. The number of rotatable bonds is 6. The molecule has 110 valence electrons. The first-order valence-corrected chi connectivity index (χ1v) is 6.88. The summed E-state index contributed by atoms with van der Waals surface area (Å²) >= 11 is 0. The number of aliphatic hydroxyl groups excluding tert-OH is 1. The highest BCUT2D eigenvalue weighted by molar-refractivity contribution is 5.77. The smallest absolute Gasteiger partial charge is 0.320 e. The number of aliphatic carboxylic acids is 1. The van der Waals surface area contributed by atoms with Crippen LogP contribution in [0.5, 0.6) is 0 Å². The summed E-state index contributed by atoms with van der Waals surface area (Å²) in [6.45, 7) is 5.49. The monoisotopic (exact) mass is 272 g/mol. The van der Waals surface area contributed by atoms with Gasteiger partial charge in [-0.25, -0.2) is 4.79 Å². The molecule has 19 heavy (non-hydrogen) atoms. The highest BCUT2D eigenvalue weighted by atomic mass is 16.4. The quantitative estimate of drug-likeness (QED) is 0.751. The number of urea groups is 1. The summed E-state index contributed by atoms with van der Waals surface area (Å²) in [5.41, 5.74) is 0. The van der Waals surface area contributed by atoms with Crippen molar-refractivity contribution in [3.05, 3.63) is 0 Å². The average Bonchev–Trinajstić information content (AvgIpc) is 2.76. The Balaban J connectivity index is 2.62. The van der Waals surface area contributed by atoms with Gasteiger partial charge in [0.25, 0.3) is 0 Å². The summed E-state index contributed by atoms with van der Waals surface area (Å²) in [6.07, 6.45) is 1.86. The molecule has 0 unspecified atom stereocenters. The number of hydrogen-bond donors (Lipinski definition) is 2. The molecular formula is C13H24N2O4. The van der Waals surface area contributed by atoms with E-state index in [1.807, 2.05) is 13.8 Å². The van der Waals surface area contributed by atoms with Crippen molar-refractivity contribution in [3.8, 4) is 0 Å². The van der Waals surface area contributed by atoms with Crippen LogP contribution in [0.25, 0.3) is 0 Å². The SMILES string of the molecule is CCCCN(CCO)C(=O)N1C[C@@H](C)[C@H](C(=O)O)C1. The van der Waals surface area contributed by atoms with E-state index in [2.05, 4.69) is 0 Å². The molecule has 0 spiro atoms. The van der Waals surface area contributed by atoms with Gasteiger partial charge in [0, 0.05) is 26.2 Å². The van der Waals surface area contributed by atoms with Gasteiger partial charge < -0.3 is 20.0 Å². The van der Waals surface area contributed by atoms with Crippen molar-refractivity contribution in [2.24, 2.45) is 11.8 Å². The van der Waals surface area contributed by atoms with Gasteiger partial charge in [-0.05, 0) is 12.3 Å². The number of carboxylic acid groups (broad SMARTS) is 1. The van der Waals surface area contributed by atoms with Gasteiger partial charge in [0.15, 0.2) is 0 Å². The van der Waals surface area contributed by atoms with E-state index in [1.54, 1.807) is 9.80 Å². The molecule has 2 atom stereocenters. The average molecular weight is 272 g/mol. The van der Waals surface area contributed by atoms with E-state index in [1.165, 1.54) is 0 Å². The summed E-state index contributed by atoms with van der Waals surface area (Å²) in [5.74, 6) is -1.35. The standard InChI is InChI=1S/C13H24N2O4/c1-3-4-5-14(6-7-16)13(19)15-8-10(2)11(9-15)12(17)18/h10-11,16H,3-9H2,1-2H3,(H,17,18)/t10-,11-/m1/s1. The van der Waals surface area contributed by atoms with Crippen LogP contribution in [0.15, 0.2) is 0 Å². The van der Waals surface area contributed by atoms with Crippen LogP contribution in [-0.2, 0) is 4.79 Å². The molecule has 2 amide bonds. The van der Waals surface area contributed by atoms with E-state index in [9.17, 15) is 9.59 Å². The lowest BCUT2D eigenvalue weighted by Crippen LogP contribution is -2.44. The zero-order valence-corrected chi connectivity index (χ0v) is 11.7. The fourth-order valence-electron chi connectivity index (χ4n) is 2.42. The predicted octanol–water partition coefficient (Wildman–Crippen LogP) is 0.853. The topological polar surface area (TPSA) is 81.1 Å². The third-order valence-corrected chi connectivity index (χ3v) is 3.62. The molecule has 1 aliphatic heterocycles. The van der Waals surface area contributed by atoms with Crippen LogP contribution in [0.2, 0.25) is 0 Å². The summed E-state index contributed by atoms with van der Waals surface area (Å²) in [5, 5.41) is 18.1. The summed E-state index contributed by atoms with van der Waals surface area (Å²) in [4.78, 5) is 26.6. The second-order valence-corrected chi connectivity index (χ2v) is 5.17. The lowest BCUT2D eigenvalue weighted by atomic mass is 9.99. The Hall–Kier alpha value is -1.30. The Bertz CT molecular complexity index is 322. The Morgan fingerprint density at radius 2 is 2.00 bits per heavy atom. The van der Waals surface area contributed by atoms with Gasteiger partial charge in [0.1, 0.15) is 0 Å². The van der Waals surface area contributed by atoms with Crippen LogP contribution in [0.1, 0.15) is 26.7 Å². The van der Waals surface area contributed by atoms with E-state index < -0.39 is 11.9 Å². The second-order valence-electron chi connectivity index (χ2n) is 5.17. The zero-order chi connectivity index (χ0) is 14.4. The fraction of sp³-hybridized carbons (Fsp3) is 0.846. The Morgan fingerprint density at radius 3 is 2.47 bits per heavy atom. The molecule has 1 rings (SSSR count). The highest BCUT2D eigenvalue weighted by Crippen LogP contribution is 2.24. The van der Waals surface area contributed by atoms with Gasteiger partial charge in [-0.1, -0.05) is 20.3 Å². The largest absolute Gasteiger partial charge is 0.481 e. The number of unbranched alkanes of at least 4 members (excludes halogenated alkanes) is 1. The minimum atomic E-state index is -0.843. The summed E-state index contributed by atoms with van der Waals surface area (Å²) < 4.78 is 0. The van der Waals surface area contributed by atoms with Crippen molar-refractivity contribution in [3.63, 3.8) is 0 Å². The van der Waals surface area contributed by atoms with Crippen molar-refractivity contribution < 1.29 is 19.8 Å². The number of likely N-dealkylation sites (tertiary alicyclic amines) is 1. The maximum atomic E-state index is 12.3. The molecule has 0 aromatic heterocycles. The minimum Gasteiger partial charge on any atom is -0.481 e. The third kappa shape index (κ3) is 4.09. The normalized spacial score (nSPS) is 22.6. The van der Waals surface area contributed by atoms with Crippen LogP contribution in [0.3, 0.4) is 0 Å². The first-order valence-electron chi connectivity index (χ1n) is 6.88. The van der Waals surface area contributed by atoms with Gasteiger partial charge in [-0.15, -0.1) is 0 Å². The van der Waals surface area contributed by atoms with Crippen molar-refractivity contribution in [2.45, 2.75) is 26.7 Å². The van der Waals surface area contributed by atoms with E-state index in [0.29, 0.717) is 19.6 Å². The number of carbonyl (C=O) groups is 2. The molecule has 1 heterocycles. The lowest BCUT2D eigenvalue weighted by molar-refractivity contribution is -0.142. The summed E-state index contributed by atoms with van der Waals surface area (Å²) in [6, 6.07) is -0.155. The van der Waals surface area contributed by atoms with Gasteiger partial charge in [-0.3, -0.25) is 4.79 Å². The number of hydrogen-bond acceptors (Lipinski definition) is 3. The number of aliphatic hydroxyl groups is 1. The van der Waals surface area contributed by atoms with Crippen molar-refractivity contribution in [1.29, 1.82) is 0 Å². The van der Waals surface area contributed by atoms with Crippen LogP contribution in [0.4, 0.5) is 4.79 Å². The van der Waals surface area contributed by atoms with Crippen LogP contribution < -0.4 is 0 Å². The molecule has 0 radical (unpaired) electrons. The maximum absolute atomic E-state index is 12.3. The minimum absolute atomic E-state index is 0.0244. The molecule has 0 aliphatic carbocycles. The van der Waals surface area contributed by atoms with Gasteiger partial charge >= 0.3 is 12.0 Å². The molecule has 0 aromatic carbocycles. The van der Waals surface area contributed by atoms with Crippen LogP contribution >= 0.6 is 0 Å². The molecule has 1 fully saturated rings. The fourth-order valence-corrected chi connectivity index (χ4v) is 2.42. The molecule has 6 nitrogen and oxygen atoms in total. The van der Waals surface area contributed by atoms with E-state index in [-0.39, 0.29) is 25.1 Å². The van der Waals surface area contributed by atoms with E-state index in [4.69, 9.17) is 10.2 Å². The number of carboxylic acids is 1. The number of amides is 2. The first kappa shape index (κ1) is 15.8. The lowest BCUT2D eigenvalue weighted by Gasteiger charge is -2.27. The van der Waals surface area contributed by atoms with E-state index in [0.717, 1.165) is 12.8 Å². The number of carbonyl (C=O) groups excluding carboxylic acids is 1. The predicted molar refractivity (Wildman–Crippen MR) is 70.8 cm³/mol. The van der Waals surface area contributed by atoms with Gasteiger partial charge in [0.2, 0.25) is 0 Å². The van der Waals surface area contributed by atoms with Crippen LogP contribution in [-0.4, -0.2) is 64.8 Å². The molecule has 0 aromatic rings. The molecule has 0 saturated carbocycles. The van der Waals surface area contributed by atoms with Gasteiger partial charge in [-0.2, -0.15) is 0 Å². The van der Waals surface area contributed by atoms with Crippen molar-refractivity contribution >= 4 is 12.0 Å². The summed E-state index contributed by atoms with van der Waals surface area (Å²) in [7, 11) is 0. The van der Waals surface area contributed by atoms with E-state index >= 15 is 0 Å². The zero-order valence-electron chi connectivity index (χ0n) is 11.7. The first-order chi connectivity index (χ1) is 9.01. The van der Waals surface area contributed by atoms with Crippen LogP contribution in [0, 0.1) is 11.8 Å². The molecule has 6 heteroatoms. The Morgan fingerprint density at radius 1 is 1.32 bits per heavy atom.